The normalized spacial score (nSPS) is 12.7. The van der Waals surface area contributed by atoms with Gasteiger partial charge in [-0.2, -0.15) is 0 Å². The number of aromatic nitrogens is 1. The van der Waals surface area contributed by atoms with Gasteiger partial charge >= 0.3 is 0 Å². The minimum Gasteiger partial charge on any atom is -0.382 e. The van der Waals surface area contributed by atoms with Crippen LogP contribution in [-0.2, 0) is 14.3 Å². The number of carbonyl (C=O) groups excluding carboxylic acids is 2. The first-order valence-electron chi connectivity index (χ1n) is 9.68. The van der Waals surface area contributed by atoms with Crippen LogP contribution >= 0.6 is 11.3 Å². The molecular formula is C20H35N3O3S. The molecule has 6 nitrogen and oxygen atoms in total. The number of hydrogen-bond donors (Lipinski definition) is 1. The quantitative estimate of drug-likeness (QED) is 0.571. The Labute approximate surface area is 167 Å². The summed E-state index contributed by atoms with van der Waals surface area (Å²) in [5.74, 6) is 0.0860. The highest BCUT2D eigenvalue weighted by Crippen LogP contribution is 2.26. The highest BCUT2D eigenvalue weighted by molar-refractivity contribution is 7.13. The third kappa shape index (κ3) is 10.4. The van der Waals surface area contributed by atoms with E-state index in [1.165, 1.54) is 11.3 Å². The second-order valence-electron chi connectivity index (χ2n) is 8.28. The van der Waals surface area contributed by atoms with Crippen molar-refractivity contribution in [1.82, 2.24) is 9.88 Å². The van der Waals surface area contributed by atoms with Crippen molar-refractivity contribution in [3.8, 4) is 0 Å². The van der Waals surface area contributed by atoms with Gasteiger partial charge in [-0.25, -0.2) is 4.98 Å². The summed E-state index contributed by atoms with van der Waals surface area (Å²) >= 11 is 1.39. The van der Waals surface area contributed by atoms with Gasteiger partial charge in [0.15, 0.2) is 5.13 Å². The second kappa shape index (κ2) is 11.4. The summed E-state index contributed by atoms with van der Waals surface area (Å²) in [4.78, 5) is 31.0. The lowest BCUT2D eigenvalue weighted by molar-refractivity contribution is -0.135. The zero-order valence-electron chi connectivity index (χ0n) is 17.6. The smallest absolute Gasteiger partial charge is 0.245 e. The summed E-state index contributed by atoms with van der Waals surface area (Å²) in [5, 5.41) is 5.24. The van der Waals surface area contributed by atoms with Crippen molar-refractivity contribution < 1.29 is 14.3 Å². The van der Waals surface area contributed by atoms with E-state index in [-0.39, 0.29) is 29.7 Å². The van der Waals surface area contributed by atoms with Gasteiger partial charge in [0.25, 0.3) is 0 Å². The molecule has 0 aliphatic heterocycles. The maximum Gasteiger partial charge on any atom is 0.245 e. The van der Waals surface area contributed by atoms with Crippen molar-refractivity contribution in [2.24, 2.45) is 11.3 Å². The van der Waals surface area contributed by atoms with Crippen LogP contribution in [0.3, 0.4) is 0 Å². The molecule has 1 N–H and O–H groups in total. The summed E-state index contributed by atoms with van der Waals surface area (Å²) < 4.78 is 5.37. The van der Waals surface area contributed by atoms with Crippen LogP contribution in [0.2, 0.25) is 0 Å². The summed E-state index contributed by atoms with van der Waals surface area (Å²) in [6, 6.07) is 0. The van der Waals surface area contributed by atoms with Crippen LogP contribution in [-0.4, -0.2) is 48.0 Å². The Morgan fingerprint density at radius 1 is 1.37 bits per heavy atom. The first kappa shape index (κ1) is 23.6. The molecule has 0 fully saturated rings. The third-order valence-electron chi connectivity index (χ3n) is 3.96. The number of hydrogen-bond acceptors (Lipinski definition) is 5. The van der Waals surface area contributed by atoms with Gasteiger partial charge in [-0.1, -0.05) is 27.7 Å². The Hall–Kier alpha value is -1.47. The van der Waals surface area contributed by atoms with Crippen molar-refractivity contribution in [2.75, 3.05) is 31.6 Å². The maximum atomic E-state index is 12.8. The molecule has 0 aromatic carbocycles. The fraction of sp³-hybridized carbons (Fsp3) is 0.750. The molecule has 0 bridgehead atoms. The number of thiazole rings is 1. The Morgan fingerprint density at radius 2 is 2.07 bits per heavy atom. The largest absolute Gasteiger partial charge is 0.382 e. The van der Waals surface area contributed by atoms with E-state index in [0.29, 0.717) is 31.3 Å². The van der Waals surface area contributed by atoms with E-state index in [9.17, 15) is 9.59 Å². The van der Waals surface area contributed by atoms with E-state index < -0.39 is 0 Å². The van der Waals surface area contributed by atoms with Gasteiger partial charge < -0.3 is 15.0 Å². The van der Waals surface area contributed by atoms with Crippen molar-refractivity contribution in [3.05, 3.63) is 11.1 Å². The van der Waals surface area contributed by atoms with Crippen LogP contribution in [0.1, 0.15) is 59.6 Å². The molecule has 0 aliphatic rings. The van der Waals surface area contributed by atoms with E-state index >= 15 is 0 Å². The second-order valence-corrected chi connectivity index (χ2v) is 9.14. The van der Waals surface area contributed by atoms with Gasteiger partial charge in [-0.3, -0.25) is 9.59 Å². The fourth-order valence-electron chi connectivity index (χ4n) is 3.08. The molecule has 7 heteroatoms. The monoisotopic (exact) mass is 397 g/mol. The minimum absolute atomic E-state index is 0.0220. The van der Waals surface area contributed by atoms with Crippen LogP contribution in [0.5, 0.6) is 0 Å². The summed E-state index contributed by atoms with van der Waals surface area (Å²) in [6.07, 6.45) is 2.14. The highest BCUT2D eigenvalue weighted by Gasteiger charge is 2.22. The van der Waals surface area contributed by atoms with Crippen molar-refractivity contribution in [2.45, 2.75) is 60.8 Å². The number of nitrogens with zero attached hydrogens (tertiary/aromatic N) is 2. The Bertz CT molecular complexity index is 596. The lowest BCUT2D eigenvalue weighted by Crippen LogP contribution is -2.39. The van der Waals surface area contributed by atoms with Gasteiger partial charge in [0.2, 0.25) is 11.8 Å². The van der Waals surface area contributed by atoms with Crippen molar-refractivity contribution >= 4 is 28.3 Å². The van der Waals surface area contributed by atoms with Gasteiger partial charge in [0, 0.05) is 31.6 Å². The third-order valence-corrected chi connectivity index (χ3v) is 4.83. The van der Waals surface area contributed by atoms with Gasteiger partial charge in [-0.05, 0) is 38.0 Å². The standard InChI is InChI=1S/C20H35N3O3S/c1-7-26-10-8-9-23(18(25)11-15(2)12-20(4,5)6)13-17(24)22-19-21-16(3)14-27-19/h14-15H,7-13H2,1-6H3,(H,21,22,24)/t15-/m0/s1. The molecular weight excluding hydrogens is 362 g/mol. The van der Waals surface area contributed by atoms with Crippen LogP contribution < -0.4 is 5.32 Å². The van der Waals surface area contributed by atoms with Crippen LogP contribution in [0.4, 0.5) is 5.13 Å². The molecule has 1 aromatic rings. The molecule has 0 saturated heterocycles. The number of aryl methyl sites for hydroxylation is 1. The summed E-state index contributed by atoms with van der Waals surface area (Å²) in [7, 11) is 0. The fourth-order valence-corrected chi connectivity index (χ4v) is 3.79. The molecule has 0 aliphatic carbocycles. The van der Waals surface area contributed by atoms with E-state index in [1.807, 2.05) is 19.2 Å². The van der Waals surface area contributed by atoms with Gasteiger partial charge in [0.1, 0.15) is 0 Å². The van der Waals surface area contributed by atoms with Crippen LogP contribution in [0, 0.1) is 18.3 Å². The Balaban J connectivity index is 2.64. The summed E-state index contributed by atoms with van der Waals surface area (Å²) in [6.45, 7) is 14.3. The van der Waals surface area contributed by atoms with E-state index in [4.69, 9.17) is 4.74 Å². The zero-order chi connectivity index (χ0) is 20.4. The number of rotatable bonds is 11. The van der Waals surface area contributed by atoms with E-state index in [1.54, 1.807) is 4.90 Å². The van der Waals surface area contributed by atoms with Crippen molar-refractivity contribution in [3.63, 3.8) is 0 Å². The van der Waals surface area contributed by atoms with Gasteiger partial charge in [-0.15, -0.1) is 11.3 Å². The molecule has 1 atom stereocenters. The lowest BCUT2D eigenvalue weighted by atomic mass is 9.84. The first-order chi connectivity index (χ1) is 12.6. The lowest BCUT2D eigenvalue weighted by Gasteiger charge is -2.26. The average Bonchev–Trinajstić information content (AvgIpc) is 2.93. The minimum atomic E-state index is -0.211. The molecule has 0 saturated carbocycles. The van der Waals surface area contributed by atoms with E-state index in [2.05, 4.69) is 38.0 Å². The number of carbonyl (C=O) groups is 2. The average molecular weight is 398 g/mol. The first-order valence-corrected chi connectivity index (χ1v) is 10.6. The molecule has 0 unspecified atom stereocenters. The van der Waals surface area contributed by atoms with Crippen LogP contribution in [0.25, 0.3) is 0 Å². The predicted molar refractivity (Wildman–Crippen MR) is 111 cm³/mol. The number of anilines is 1. The Morgan fingerprint density at radius 3 is 2.63 bits per heavy atom. The molecule has 27 heavy (non-hydrogen) atoms. The highest BCUT2D eigenvalue weighted by atomic mass is 32.1. The SMILES string of the molecule is CCOCCCN(CC(=O)Nc1nc(C)cs1)C(=O)C[C@H](C)CC(C)(C)C. The predicted octanol–water partition coefficient (Wildman–Crippen LogP) is 4.11. The molecule has 0 spiro atoms. The zero-order valence-corrected chi connectivity index (χ0v) is 18.4. The van der Waals surface area contributed by atoms with Crippen molar-refractivity contribution in [1.29, 1.82) is 0 Å². The van der Waals surface area contributed by atoms with E-state index in [0.717, 1.165) is 18.5 Å². The number of nitrogens with one attached hydrogen (secondary N) is 1. The Kier molecular flexibility index (Phi) is 9.94. The summed E-state index contributed by atoms with van der Waals surface area (Å²) in [5.41, 5.74) is 1.05. The number of ether oxygens (including phenoxy) is 1. The van der Waals surface area contributed by atoms with Crippen LogP contribution in [0.15, 0.2) is 5.38 Å². The maximum absolute atomic E-state index is 12.8. The molecule has 2 amide bonds. The molecule has 1 rings (SSSR count). The van der Waals surface area contributed by atoms with Gasteiger partial charge in [0.05, 0.1) is 12.2 Å². The molecule has 1 heterocycles. The topological polar surface area (TPSA) is 71.5 Å². The molecule has 1 aromatic heterocycles. The molecule has 154 valence electrons. The molecule has 0 radical (unpaired) electrons. The number of amides is 2.